The van der Waals surface area contributed by atoms with Crippen molar-refractivity contribution in [3.63, 3.8) is 0 Å². The van der Waals surface area contributed by atoms with Gasteiger partial charge in [-0.3, -0.25) is 14.5 Å². The van der Waals surface area contributed by atoms with Crippen LogP contribution in [-0.2, 0) is 4.79 Å². The Morgan fingerprint density at radius 1 is 1.08 bits per heavy atom. The summed E-state index contributed by atoms with van der Waals surface area (Å²) < 4.78 is 1.76. The highest BCUT2D eigenvalue weighted by molar-refractivity contribution is 6.06. The predicted molar refractivity (Wildman–Crippen MR) is 138 cm³/mol. The molecule has 0 aromatic carbocycles. The number of carbonyl (C=O) groups excluding carboxylic acids is 2. The second-order valence-electron chi connectivity index (χ2n) is 9.74. The predicted octanol–water partition coefficient (Wildman–Crippen LogP) is 3.02. The van der Waals surface area contributed by atoms with Gasteiger partial charge in [-0.05, 0) is 58.2 Å². The summed E-state index contributed by atoms with van der Waals surface area (Å²) in [5.74, 6) is 1.27. The number of likely N-dealkylation sites (N-methyl/N-ethyl adjacent to an activating group) is 1. The second-order valence-corrected chi connectivity index (χ2v) is 9.74. The fraction of sp³-hybridized carbons (Fsp3) is 0.519. The van der Waals surface area contributed by atoms with E-state index in [1.807, 2.05) is 54.8 Å². The lowest BCUT2D eigenvalue weighted by Crippen LogP contribution is -2.42. The lowest BCUT2D eigenvalue weighted by molar-refractivity contribution is -0.132. The molecule has 0 unspecified atom stereocenters. The van der Waals surface area contributed by atoms with Crippen LogP contribution in [0, 0.1) is 6.92 Å². The Balaban J connectivity index is 1.42. The molecule has 2 amide bonds. The molecule has 1 saturated heterocycles. The van der Waals surface area contributed by atoms with E-state index < -0.39 is 0 Å². The van der Waals surface area contributed by atoms with Crippen LogP contribution in [-0.4, -0.2) is 92.1 Å². The second kappa shape index (κ2) is 10.3. The lowest BCUT2D eigenvalue weighted by Gasteiger charge is -2.25. The third-order valence-electron chi connectivity index (χ3n) is 7.28. The van der Waals surface area contributed by atoms with Crippen molar-refractivity contribution in [3.8, 4) is 5.82 Å². The molecule has 0 spiro atoms. The number of hydrogen-bond donors (Lipinski definition) is 0. The summed E-state index contributed by atoms with van der Waals surface area (Å²) >= 11 is 0. The summed E-state index contributed by atoms with van der Waals surface area (Å²) in [7, 11) is 0. The average molecular weight is 490 g/mol. The molecule has 3 aromatic heterocycles. The Bertz CT molecular complexity index is 1250. The number of aromatic nitrogens is 4. The van der Waals surface area contributed by atoms with Gasteiger partial charge in [-0.25, -0.2) is 9.97 Å². The molecule has 0 atom stereocenters. The van der Waals surface area contributed by atoms with Gasteiger partial charge in [-0.15, -0.1) is 0 Å². The Labute approximate surface area is 212 Å². The highest BCUT2D eigenvalue weighted by Crippen LogP contribution is 2.41. The van der Waals surface area contributed by atoms with Crippen LogP contribution in [0.1, 0.15) is 60.8 Å². The zero-order valence-electron chi connectivity index (χ0n) is 21.5. The molecule has 1 saturated carbocycles. The summed E-state index contributed by atoms with van der Waals surface area (Å²) in [5.41, 5.74) is 3.11. The summed E-state index contributed by atoms with van der Waals surface area (Å²) in [4.78, 5) is 42.0. The molecule has 0 radical (unpaired) electrons. The van der Waals surface area contributed by atoms with Crippen molar-refractivity contribution in [2.75, 3.05) is 45.8 Å². The van der Waals surface area contributed by atoms with E-state index in [0.29, 0.717) is 49.1 Å². The number of fused-ring (bicyclic) bond motifs is 1. The fourth-order valence-electron chi connectivity index (χ4n) is 5.07. The Morgan fingerprint density at radius 3 is 2.58 bits per heavy atom. The molecule has 5 rings (SSSR count). The minimum absolute atomic E-state index is 0.0184. The van der Waals surface area contributed by atoms with Crippen molar-refractivity contribution in [2.45, 2.75) is 46.0 Å². The van der Waals surface area contributed by atoms with E-state index in [0.717, 1.165) is 55.7 Å². The van der Waals surface area contributed by atoms with Crippen LogP contribution < -0.4 is 0 Å². The van der Waals surface area contributed by atoms with Crippen LogP contribution in [0.4, 0.5) is 0 Å². The number of rotatable bonds is 7. The van der Waals surface area contributed by atoms with Gasteiger partial charge < -0.3 is 9.80 Å². The highest BCUT2D eigenvalue weighted by Gasteiger charge is 2.31. The molecule has 0 bridgehead atoms. The minimum Gasteiger partial charge on any atom is -0.342 e. The number of pyridine rings is 2. The summed E-state index contributed by atoms with van der Waals surface area (Å²) in [5, 5.41) is 5.53. The third-order valence-corrected chi connectivity index (χ3v) is 7.28. The van der Waals surface area contributed by atoms with Gasteiger partial charge in [-0.1, -0.05) is 6.07 Å². The van der Waals surface area contributed by atoms with Crippen molar-refractivity contribution in [2.24, 2.45) is 0 Å². The molecule has 0 N–H and O–H groups in total. The first-order valence-electron chi connectivity index (χ1n) is 13.1. The zero-order chi connectivity index (χ0) is 25.2. The molecule has 1 aliphatic carbocycles. The van der Waals surface area contributed by atoms with Crippen LogP contribution >= 0.6 is 0 Å². The number of nitrogens with zero attached hydrogens (tertiary/aromatic N) is 7. The molecular weight excluding hydrogens is 454 g/mol. The standard InChI is InChI=1S/C27H35N7O2/c1-4-32(5-2)24(35)18-31-13-8-14-33(16-15-31)27(36)21-17-22(20-10-11-20)29-26-25(21)19(3)30-34(26)23-9-6-7-12-28-23/h6-7,9,12,17,20H,4-5,8,10-11,13-16,18H2,1-3H3. The number of hydrogen-bond acceptors (Lipinski definition) is 6. The van der Waals surface area contributed by atoms with Crippen LogP contribution in [0.15, 0.2) is 30.5 Å². The Morgan fingerprint density at radius 2 is 1.89 bits per heavy atom. The smallest absolute Gasteiger partial charge is 0.254 e. The van der Waals surface area contributed by atoms with Gasteiger partial charge in [0.05, 0.1) is 23.2 Å². The van der Waals surface area contributed by atoms with Crippen LogP contribution in [0.5, 0.6) is 0 Å². The van der Waals surface area contributed by atoms with Crippen LogP contribution in [0.2, 0.25) is 0 Å². The largest absolute Gasteiger partial charge is 0.342 e. The van der Waals surface area contributed by atoms with E-state index in [4.69, 9.17) is 10.1 Å². The van der Waals surface area contributed by atoms with E-state index in [9.17, 15) is 9.59 Å². The molecule has 190 valence electrons. The third kappa shape index (κ3) is 4.84. The number of carbonyl (C=O) groups is 2. The number of amides is 2. The van der Waals surface area contributed by atoms with Gasteiger partial charge in [-0.2, -0.15) is 9.78 Å². The molecule has 3 aromatic rings. The topological polar surface area (TPSA) is 87.5 Å². The zero-order valence-corrected chi connectivity index (χ0v) is 21.5. The van der Waals surface area contributed by atoms with Crippen molar-refractivity contribution in [1.82, 2.24) is 34.4 Å². The first-order chi connectivity index (χ1) is 17.5. The monoisotopic (exact) mass is 489 g/mol. The highest BCUT2D eigenvalue weighted by atomic mass is 16.2. The van der Waals surface area contributed by atoms with Gasteiger partial charge >= 0.3 is 0 Å². The molecule has 36 heavy (non-hydrogen) atoms. The van der Waals surface area contributed by atoms with Gasteiger partial charge in [0.25, 0.3) is 5.91 Å². The fourth-order valence-corrected chi connectivity index (χ4v) is 5.07. The molecule has 4 heterocycles. The molecule has 2 fully saturated rings. The first kappa shape index (κ1) is 24.4. The van der Waals surface area contributed by atoms with Crippen molar-refractivity contribution < 1.29 is 9.59 Å². The molecule has 1 aliphatic heterocycles. The molecular formula is C27H35N7O2. The van der Waals surface area contributed by atoms with E-state index in [1.165, 1.54) is 0 Å². The van der Waals surface area contributed by atoms with Gasteiger partial charge in [0.1, 0.15) is 0 Å². The molecule has 9 heteroatoms. The van der Waals surface area contributed by atoms with Crippen molar-refractivity contribution in [1.29, 1.82) is 0 Å². The SMILES string of the molecule is CCN(CC)C(=O)CN1CCCN(C(=O)c2cc(C3CC3)nc3c2c(C)nn3-c2ccccn2)CC1. The Kier molecular flexibility index (Phi) is 7.00. The van der Waals surface area contributed by atoms with Gasteiger partial charge in [0.2, 0.25) is 5.91 Å². The lowest BCUT2D eigenvalue weighted by atomic mass is 10.1. The van der Waals surface area contributed by atoms with Crippen molar-refractivity contribution in [3.05, 3.63) is 47.4 Å². The van der Waals surface area contributed by atoms with Crippen molar-refractivity contribution >= 4 is 22.8 Å². The van der Waals surface area contributed by atoms with Gasteiger partial charge in [0, 0.05) is 57.1 Å². The quantitative estimate of drug-likeness (QED) is 0.507. The maximum Gasteiger partial charge on any atom is 0.254 e. The summed E-state index contributed by atoms with van der Waals surface area (Å²) in [6, 6.07) is 7.70. The maximum atomic E-state index is 13.9. The van der Waals surface area contributed by atoms with E-state index in [-0.39, 0.29) is 11.8 Å². The average Bonchev–Trinajstić information content (AvgIpc) is 3.72. The van der Waals surface area contributed by atoms with E-state index >= 15 is 0 Å². The summed E-state index contributed by atoms with van der Waals surface area (Å²) in [6.07, 6.45) is 4.78. The number of aryl methyl sites for hydroxylation is 1. The first-order valence-corrected chi connectivity index (χ1v) is 13.1. The van der Waals surface area contributed by atoms with Crippen LogP contribution in [0.25, 0.3) is 16.9 Å². The summed E-state index contributed by atoms with van der Waals surface area (Å²) in [6.45, 7) is 10.6. The Hall–Kier alpha value is -3.33. The molecule has 2 aliphatic rings. The normalized spacial score (nSPS) is 16.8. The maximum absolute atomic E-state index is 13.9. The minimum atomic E-state index is 0.0184. The van der Waals surface area contributed by atoms with Crippen LogP contribution in [0.3, 0.4) is 0 Å². The van der Waals surface area contributed by atoms with Gasteiger partial charge in [0.15, 0.2) is 11.5 Å². The van der Waals surface area contributed by atoms with E-state index in [2.05, 4.69) is 9.88 Å². The molecule has 9 nitrogen and oxygen atoms in total. The van der Waals surface area contributed by atoms with E-state index in [1.54, 1.807) is 10.9 Å².